The highest BCUT2D eigenvalue weighted by Gasteiger charge is 2.30. The minimum Gasteiger partial charge on any atom is -0.460 e. The van der Waals surface area contributed by atoms with Crippen molar-refractivity contribution in [2.24, 2.45) is 0 Å². The lowest BCUT2D eigenvalue weighted by atomic mass is 10.2. The van der Waals surface area contributed by atoms with Gasteiger partial charge < -0.3 is 77.5 Å². The summed E-state index contributed by atoms with van der Waals surface area (Å²) < 4.78 is 44.6. The molecule has 0 aromatic rings. The zero-order valence-electron chi connectivity index (χ0n) is 39.3. The molecule has 0 saturated carbocycles. The normalized spacial score (nSPS) is 16.0. The van der Waals surface area contributed by atoms with E-state index >= 15 is 0 Å². The highest BCUT2D eigenvalue weighted by atomic mass is 16.5. The number of rotatable bonds is 45. The first kappa shape index (κ1) is 60.4. The first-order valence-electron chi connectivity index (χ1n) is 23.1. The summed E-state index contributed by atoms with van der Waals surface area (Å²) in [5, 5.41) is 61.5. The van der Waals surface area contributed by atoms with Crippen LogP contribution in [0.25, 0.3) is 0 Å². The Morgan fingerprint density at radius 1 is 0.419 bits per heavy atom. The second-order valence-corrected chi connectivity index (χ2v) is 17.3. The van der Waals surface area contributed by atoms with Crippen LogP contribution in [-0.2, 0) is 47.5 Å². The molecule has 0 aliphatic rings. The van der Waals surface area contributed by atoms with Crippen molar-refractivity contribution in [2.75, 3.05) is 146 Å². The van der Waals surface area contributed by atoms with Crippen molar-refractivity contribution in [1.29, 1.82) is 0 Å². The van der Waals surface area contributed by atoms with Gasteiger partial charge in [-0.15, -0.1) is 0 Å². The van der Waals surface area contributed by atoms with Gasteiger partial charge in [-0.2, -0.15) is 0 Å². The maximum atomic E-state index is 12.6. The Balaban J connectivity index is 4.69. The fourth-order valence-corrected chi connectivity index (χ4v) is 6.58. The quantitative estimate of drug-likeness (QED) is 0.0287. The molecule has 6 atom stereocenters. The first-order valence-corrected chi connectivity index (χ1v) is 23.1. The molecule has 6 unspecified atom stereocenters. The Bertz CT molecular complexity index is 1030. The summed E-state index contributed by atoms with van der Waals surface area (Å²) in [6.07, 6.45) is 2.40. The molecule has 0 aromatic heterocycles. The molecule has 6 N–H and O–H groups in total. The summed E-state index contributed by atoms with van der Waals surface area (Å²) in [6, 6.07) is 0. The number of carbonyl (C=O) groups is 2. The number of likely N-dealkylation sites (N-methyl/N-ethyl adjacent to an activating group) is 2. The molecule has 0 bridgehead atoms. The van der Waals surface area contributed by atoms with E-state index in [0.29, 0.717) is 102 Å². The third-order valence-corrected chi connectivity index (χ3v) is 9.85. The number of aliphatic hydroxyl groups excluding tert-OH is 6. The third-order valence-electron chi connectivity index (χ3n) is 9.85. The molecule has 18 heteroatoms. The van der Waals surface area contributed by atoms with Crippen molar-refractivity contribution in [3.05, 3.63) is 0 Å². The van der Waals surface area contributed by atoms with Crippen molar-refractivity contribution in [2.45, 2.75) is 128 Å². The van der Waals surface area contributed by atoms with Crippen LogP contribution < -0.4 is 0 Å². The van der Waals surface area contributed by atoms with Gasteiger partial charge in [-0.25, -0.2) is 0 Å². The maximum Gasteiger partial charge on any atom is 0.306 e. The van der Waals surface area contributed by atoms with E-state index in [9.17, 15) is 40.2 Å². The molecule has 18 nitrogen and oxygen atoms in total. The zero-order valence-corrected chi connectivity index (χ0v) is 39.3. The van der Waals surface area contributed by atoms with Crippen LogP contribution in [0.4, 0.5) is 0 Å². The van der Waals surface area contributed by atoms with Crippen LogP contribution >= 0.6 is 0 Å². The Hall–Kier alpha value is -1.62. The molecule has 62 heavy (non-hydrogen) atoms. The van der Waals surface area contributed by atoms with Gasteiger partial charge in [0.25, 0.3) is 0 Å². The second kappa shape index (κ2) is 38.6. The number of quaternary nitrogens is 2. The smallest absolute Gasteiger partial charge is 0.306 e. The molecule has 0 amide bonds. The largest absolute Gasteiger partial charge is 0.460 e. The summed E-state index contributed by atoms with van der Waals surface area (Å²) in [7, 11) is 5.66. The number of ether oxygens (including phenoxy) is 8. The first-order chi connectivity index (χ1) is 29.5. The van der Waals surface area contributed by atoms with E-state index in [1.54, 1.807) is 0 Å². The van der Waals surface area contributed by atoms with E-state index in [1.165, 1.54) is 0 Å². The Labute approximate surface area is 372 Å². The summed E-state index contributed by atoms with van der Waals surface area (Å²) >= 11 is 0. The van der Waals surface area contributed by atoms with Crippen molar-refractivity contribution >= 4 is 11.9 Å². The average molecular weight is 903 g/mol. The van der Waals surface area contributed by atoms with Crippen LogP contribution in [-0.4, -0.2) is 235 Å². The van der Waals surface area contributed by atoms with Crippen LogP contribution in [0.3, 0.4) is 0 Å². The number of carbonyl (C=O) groups excluding carboxylic acids is 2. The van der Waals surface area contributed by atoms with Gasteiger partial charge in [-0.3, -0.25) is 9.59 Å². The van der Waals surface area contributed by atoms with Crippen molar-refractivity contribution in [1.82, 2.24) is 0 Å². The third kappa shape index (κ3) is 37.7. The molecule has 0 heterocycles. The number of nitrogens with zero attached hydrogens (tertiary/aromatic N) is 2. The summed E-state index contributed by atoms with van der Waals surface area (Å²) in [6.45, 7) is 11.2. The molecule has 0 aromatic carbocycles. The lowest BCUT2D eigenvalue weighted by molar-refractivity contribution is -0.915. The standard InChI is InChI=1S/C44H90N2O16/c1-7-13-37(47)31-55-20-10-23-58-34-40(50)28-45(4,5)18-26-61-43(53)16-17-44(54)62-27-19-46(6,29-41(51)35-59-24-11-21-56-32-38(48)14-8-2)30-42(52)36-60-25-12-22-57-33-39(49)15-9-3/h37-42,47-52H,7-36H2,1-6H3/q+2. The zero-order chi connectivity index (χ0) is 46.5. The molecule has 0 aliphatic heterocycles. The lowest BCUT2D eigenvalue weighted by Crippen LogP contribution is -2.55. The Morgan fingerprint density at radius 3 is 1.03 bits per heavy atom. The minimum absolute atomic E-state index is 0.0113. The van der Waals surface area contributed by atoms with E-state index in [4.69, 9.17) is 37.9 Å². The molecule has 0 saturated heterocycles. The Morgan fingerprint density at radius 2 is 0.710 bits per heavy atom. The van der Waals surface area contributed by atoms with E-state index in [-0.39, 0.29) is 83.2 Å². The molecular weight excluding hydrogens is 812 g/mol. The number of esters is 2. The van der Waals surface area contributed by atoms with Gasteiger partial charge in [0.1, 0.15) is 64.2 Å². The van der Waals surface area contributed by atoms with Crippen molar-refractivity contribution < 1.29 is 87.1 Å². The SMILES string of the molecule is CCCC(O)COCCCOCC(O)C[N+](C)(C)CCOC(=O)CCC(=O)OCC[N+](C)(CC(O)COCCCOCC(O)CCC)CC(O)COCCCOCC(O)CCC. The highest BCUT2D eigenvalue weighted by Crippen LogP contribution is 2.10. The van der Waals surface area contributed by atoms with Crippen LogP contribution in [0.15, 0.2) is 0 Å². The fraction of sp³-hybridized carbons (Fsp3) is 0.955. The van der Waals surface area contributed by atoms with Gasteiger partial charge in [0.05, 0.1) is 91.9 Å². The maximum absolute atomic E-state index is 12.6. The van der Waals surface area contributed by atoms with Gasteiger partial charge >= 0.3 is 11.9 Å². The van der Waals surface area contributed by atoms with Crippen LogP contribution in [0, 0.1) is 0 Å². The summed E-state index contributed by atoms with van der Waals surface area (Å²) in [4.78, 5) is 25.0. The van der Waals surface area contributed by atoms with Gasteiger partial charge in [0.2, 0.25) is 0 Å². The van der Waals surface area contributed by atoms with Gasteiger partial charge in [-0.05, 0) is 38.5 Å². The van der Waals surface area contributed by atoms with E-state index in [2.05, 4.69) is 0 Å². The number of aliphatic hydroxyl groups is 6. The van der Waals surface area contributed by atoms with Gasteiger partial charge in [0.15, 0.2) is 0 Å². The molecule has 370 valence electrons. The topological polar surface area (TPSA) is 229 Å². The van der Waals surface area contributed by atoms with Crippen molar-refractivity contribution in [3.63, 3.8) is 0 Å². The van der Waals surface area contributed by atoms with E-state index in [1.807, 2.05) is 41.9 Å². The van der Waals surface area contributed by atoms with E-state index in [0.717, 1.165) is 19.3 Å². The predicted molar refractivity (Wildman–Crippen MR) is 233 cm³/mol. The van der Waals surface area contributed by atoms with Crippen LogP contribution in [0.1, 0.15) is 91.4 Å². The van der Waals surface area contributed by atoms with Gasteiger partial charge in [-0.1, -0.05) is 40.0 Å². The minimum atomic E-state index is -0.876. The second-order valence-electron chi connectivity index (χ2n) is 17.3. The summed E-state index contributed by atoms with van der Waals surface area (Å²) in [5.74, 6) is -1.11. The fourth-order valence-electron chi connectivity index (χ4n) is 6.58. The van der Waals surface area contributed by atoms with E-state index < -0.39 is 48.6 Å². The number of hydrogen-bond acceptors (Lipinski definition) is 16. The van der Waals surface area contributed by atoms with Crippen LogP contribution in [0.2, 0.25) is 0 Å². The van der Waals surface area contributed by atoms with Crippen molar-refractivity contribution in [3.8, 4) is 0 Å². The summed E-state index contributed by atoms with van der Waals surface area (Å²) in [5.41, 5.74) is 0. The monoisotopic (exact) mass is 903 g/mol. The molecule has 0 spiro atoms. The lowest BCUT2D eigenvalue weighted by Gasteiger charge is -2.37. The molecule has 0 rings (SSSR count). The van der Waals surface area contributed by atoms with Gasteiger partial charge in [0, 0.05) is 39.6 Å². The molecule has 0 fully saturated rings. The predicted octanol–water partition coefficient (Wildman–Crippen LogP) is 1.21. The highest BCUT2D eigenvalue weighted by molar-refractivity contribution is 5.77. The molecule has 0 radical (unpaired) electrons. The molecular formula is C44H90N2O16+2. The molecule has 0 aliphatic carbocycles. The number of hydrogen-bond donors (Lipinski definition) is 6. The Kier molecular flexibility index (Phi) is 37.6. The van der Waals surface area contributed by atoms with Crippen LogP contribution in [0.5, 0.6) is 0 Å². The average Bonchev–Trinajstić information content (AvgIpc) is 3.18.